The van der Waals surface area contributed by atoms with Crippen LogP contribution in [-0.2, 0) is 4.79 Å². The molecule has 3 aromatic rings. The van der Waals surface area contributed by atoms with E-state index in [0.29, 0.717) is 22.7 Å². The van der Waals surface area contributed by atoms with Crippen molar-refractivity contribution in [2.45, 2.75) is 51.1 Å². The molecule has 1 fully saturated rings. The van der Waals surface area contributed by atoms with Gasteiger partial charge in [0.15, 0.2) is 11.5 Å². The summed E-state index contributed by atoms with van der Waals surface area (Å²) in [5.74, 6) is 0.436. The van der Waals surface area contributed by atoms with Gasteiger partial charge in [0.2, 0.25) is 5.91 Å². The number of anilines is 1. The highest BCUT2D eigenvalue weighted by Gasteiger charge is 2.35. The average Bonchev–Trinajstić information content (AvgIpc) is 2.92. The summed E-state index contributed by atoms with van der Waals surface area (Å²) in [5, 5.41) is 3.23. The molecule has 0 unspecified atom stereocenters. The van der Waals surface area contributed by atoms with E-state index in [2.05, 4.69) is 10.3 Å². The lowest BCUT2D eigenvalue weighted by atomic mass is 9.94. The highest BCUT2D eigenvalue weighted by Crippen LogP contribution is 2.35. The molecular formula is C29H33N3O4. The van der Waals surface area contributed by atoms with E-state index in [4.69, 9.17) is 9.47 Å². The molecule has 7 nitrogen and oxygen atoms in total. The quantitative estimate of drug-likeness (QED) is 0.470. The van der Waals surface area contributed by atoms with E-state index in [0.717, 1.165) is 31.2 Å². The minimum Gasteiger partial charge on any atom is -0.493 e. The van der Waals surface area contributed by atoms with Crippen molar-refractivity contribution in [3.05, 3.63) is 83.7 Å². The van der Waals surface area contributed by atoms with Crippen molar-refractivity contribution in [2.24, 2.45) is 0 Å². The Kier molecular flexibility index (Phi) is 8.21. The molecule has 1 aliphatic carbocycles. The average molecular weight is 488 g/mol. The molecule has 0 aliphatic heterocycles. The normalized spacial score (nSPS) is 14.5. The third-order valence-electron chi connectivity index (χ3n) is 6.56. The van der Waals surface area contributed by atoms with Gasteiger partial charge in [-0.2, -0.15) is 0 Å². The third kappa shape index (κ3) is 5.67. The molecule has 188 valence electrons. The van der Waals surface area contributed by atoms with Crippen LogP contribution < -0.4 is 19.7 Å². The molecule has 1 N–H and O–H groups in total. The predicted molar refractivity (Wildman–Crippen MR) is 140 cm³/mol. The summed E-state index contributed by atoms with van der Waals surface area (Å²) in [6.45, 7) is 1.96. The molecule has 1 heterocycles. The molecule has 0 spiro atoms. The Morgan fingerprint density at radius 1 is 0.944 bits per heavy atom. The van der Waals surface area contributed by atoms with Crippen LogP contribution in [0.25, 0.3) is 0 Å². The number of nitrogens with zero attached hydrogens (tertiary/aromatic N) is 2. The zero-order valence-electron chi connectivity index (χ0n) is 21.1. The van der Waals surface area contributed by atoms with Crippen LogP contribution in [0.2, 0.25) is 0 Å². The Labute approximate surface area is 212 Å². The summed E-state index contributed by atoms with van der Waals surface area (Å²) >= 11 is 0. The van der Waals surface area contributed by atoms with Gasteiger partial charge in [-0.05, 0) is 67.3 Å². The van der Waals surface area contributed by atoms with Crippen molar-refractivity contribution in [3.8, 4) is 11.5 Å². The van der Waals surface area contributed by atoms with Crippen molar-refractivity contribution < 1.29 is 19.1 Å². The molecule has 0 saturated heterocycles. The van der Waals surface area contributed by atoms with Crippen LogP contribution in [0.3, 0.4) is 0 Å². The van der Waals surface area contributed by atoms with E-state index < -0.39 is 6.04 Å². The number of aryl methyl sites for hydroxylation is 1. The second-order valence-electron chi connectivity index (χ2n) is 9.09. The Bertz CT molecular complexity index is 1190. The zero-order chi connectivity index (χ0) is 25.5. The number of benzene rings is 2. The standard InChI is InChI=1S/C29H33N3O4/c1-20-10-9-13-23(18-20)32(29(34)24-14-7-8-17-30-24)27(28(33)31-22-11-5-4-6-12-22)21-15-16-25(35-2)26(19-21)36-3/h7-10,13-19,22,27H,4-6,11-12H2,1-3H3,(H,31,33)/t27-/m1/s1. The van der Waals surface area contributed by atoms with Crippen molar-refractivity contribution >= 4 is 17.5 Å². The van der Waals surface area contributed by atoms with Gasteiger partial charge < -0.3 is 14.8 Å². The van der Waals surface area contributed by atoms with Gasteiger partial charge in [0.05, 0.1) is 14.2 Å². The topological polar surface area (TPSA) is 80.8 Å². The molecule has 7 heteroatoms. The van der Waals surface area contributed by atoms with Gasteiger partial charge in [0.1, 0.15) is 11.7 Å². The van der Waals surface area contributed by atoms with Gasteiger partial charge in [-0.1, -0.05) is 43.5 Å². The fourth-order valence-electron chi connectivity index (χ4n) is 4.74. The van der Waals surface area contributed by atoms with E-state index in [-0.39, 0.29) is 23.6 Å². The first kappa shape index (κ1) is 25.2. The molecule has 1 aromatic heterocycles. The van der Waals surface area contributed by atoms with Crippen LogP contribution in [-0.4, -0.2) is 37.1 Å². The molecule has 4 rings (SSSR count). The second kappa shape index (κ2) is 11.7. The molecule has 1 saturated carbocycles. The number of carbonyl (C=O) groups excluding carboxylic acids is 2. The Balaban J connectivity index is 1.85. The fourth-order valence-corrected chi connectivity index (χ4v) is 4.74. The minimum atomic E-state index is -0.942. The van der Waals surface area contributed by atoms with Gasteiger partial charge >= 0.3 is 0 Å². The number of hydrogen-bond acceptors (Lipinski definition) is 5. The molecule has 36 heavy (non-hydrogen) atoms. The summed E-state index contributed by atoms with van der Waals surface area (Å²) in [7, 11) is 3.12. The number of rotatable bonds is 8. The number of amides is 2. The highest BCUT2D eigenvalue weighted by molar-refractivity contribution is 6.09. The van der Waals surface area contributed by atoms with Crippen molar-refractivity contribution in [3.63, 3.8) is 0 Å². The number of hydrogen-bond donors (Lipinski definition) is 1. The molecule has 2 aromatic carbocycles. The maximum atomic E-state index is 14.0. The van der Waals surface area contributed by atoms with Crippen LogP contribution in [0.5, 0.6) is 11.5 Å². The second-order valence-corrected chi connectivity index (χ2v) is 9.09. The van der Waals surface area contributed by atoms with E-state index in [1.54, 1.807) is 56.8 Å². The Hall–Kier alpha value is -3.87. The van der Waals surface area contributed by atoms with Crippen LogP contribution in [0.4, 0.5) is 5.69 Å². The van der Waals surface area contributed by atoms with Gasteiger partial charge in [-0.3, -0.25) is 19.5 Å². The maximum Gasteiger partial charge on any atom is 0.277 e. The fraction of sp³-hybridized carbons (Fsp3) is 0.345. The summed E-state index contributed by atoms with van der Waals surface area (Å²) in [6, 6.07) is 17.2. The Morgan fingerprint density at radius 3 is 2.39 bits per heavy atom. The van der Waals surface area contributed by atoms with Crippen molar-refractivity contribution in [1.82, 2.24) is 10.3 Å². The first-order chi connectivity index (χ1) is 17.5. The molecule has 1 aliphatic rings. The summed E-state index contributed by atoms with van der Waals surface area (Å²) in [5.41, 5.74) is 2.47. The van der Waals surface area contributed by atoms with Crippen LogP contribution in [0.15, 0.2) is 66.9 Å². The van der Waals surface area contributed by atoms with Gasteiger partial charge in [0, 0.05) is 17.9 Å². The lowest BCUT2D eigenvalue weighted by Crippen LogP contribution is -2.47. The van der Waals surface area contributed by atoms with Crippen LogP contribution in [0.1, 0.15) is 59.8 Å². The minimum absolute atomic E-state index is 0.0817. The summed E-state index contributed by atoms with van der Waals surface area (Å²) < 4.78 is 10.9. The molecule has 0 radical (unpaired) electrons. The van der Waals surface area contributed by atoms with E-state index in [9.17, 15) is 9.59 Å². The van der Waals surface area contributed by atoms with Gasteiger partial charge in [-0.25, -0.2) is 0 Å². The molecule has 0 bridgehead atoms. The van der Waals surface area contributed by atoms with Crippen molar-refractivity contribution in [1.29, 1.82) is 0 Å². The number of ether oxygens (including phenoxy) is 2. The highest BCUT2D eigenvalue weighted by atomic mass is 16.5. The third-order valence-corrected chi connectivity index (χ3v) is 6.56. The lowest BCUT2D eigenvalue weighted by Gasteiger charge is -2.33. The molecular weight excluding hydrogens is 454 g/mol. The number of methoxy groups -OCH3 is 2. The zero-order valence-corrected chi connectivity index (χ0v) is 21.1. The van der Waals surface area contributed by atoms with Crippen LogP contribution >= 0.6 is 0 Å². The predicted octanol–water partition coefficient (Wildman–Crippen LogP) is 5.24. The lowest BCUT2D eigenvalue weighted by molar-refractivity contribution is -0.123. The van der Waals surface area contributed by atoms with Crippen LogP contribution in [0, 0.1) is 6.92 Å². The van der Waals surface area contributed by atoms with Gasteiger partial charge in [-0.15, -0.1) is 0 Å². The van der Waals surface area contributed by atoms with Gasteiger partial charge in [0.25, 0.3) is 5.91 Å². The maximum absolute atomic E-state index is 14.0. The summed E-state index contributed by atoms with van der Waals surface area (Å²) in [6.07, 6.45) is 6.79. The first-order valence-corrected chi connectivity index (χ1v) is 12.4. The Morgan fingerprint density at radius 2 is 1.72 bits per heavy atom. The van der Waals surface area contributed by atoms with E-state index in [1.807, 2.05) is 31.2 Å². The number of carbonyl (C=O) groups is 2. The smallest absolute Gasteiger partial charge is 0.277 e. The van der Waals surface area contributed by atoms with E-state index >= 15 is 0 Å². The van der Waals surface area contributed by atoms with Crippen molar-refractivity contribution in [2.75, 3.05) is 19.1 Å². The largest absolute Gasteiger partial charge is 0.493 e. The number of aromatic nitrogens is 1. The summed E-state index contributed by atoms with van der Waals surface area (Å²) in [4.78, 5) is 33.8. The molecule has 2 amide bonds. The molecule has 1 atom stereocenters. The SMILES string of the molecule is COc1ccc([C@H](C(=O)NC2CCCCC2)N(C(=O)c2ccccn2)c2cccc(C)c2)cc1OC. The van der Waals surface area contributed by atoms with E-state index in [1.165, 1.54) is 11.3 Å². The monoisotopic (exact) mass is 487 g/mol. The first-order valence-electron chi connectivity index (χ1n) is 12.4. The number of pyridine rings is 1. The number of nitrogens with one attached hydrogen (secondary N) is 1.